The molecule has 1 saturated heterocycles. The van der Waals surface area contributed by atoms with Gasteiger partial charge < -0.3 is 5.32 Å². The summed E-state index contributed by atoms with van der Waals surface area (Å²) in [6.07, 6.45) is 0.602. The Bertz CT molecular complexity index is 926. The summed E-state index contributed by atoms with van der Waals surface area (Å²) in [5, 5.41) is 3.70. The molecule has 1 amide bonds. The molecular weight excluding hydrogens is 384 g/mol. The van der Waals surface area contributed by atoms with E-state index in [9.17, 15) is 13.2 Å². The molecule has 0 radical (unpaired) electrons. The number of rotatable bonds is 5. The maximum atomic E-state index is 12.8. The molecule has 1 atom stereocenters. The summed E-state index contributed by atoms with van der Waals surface area (Å²) in [7, 11) is -3.28. The van der Waals surface area contributed by atoms with Crippen molar-refractivity contribution in [3.63, 3.8) is 0 Å². The molecule has 1 aliphatic rings. The predicted molar refractivity (Wildman–Crippen MR) is 109 cm³/mol. The zero-order valence-electron chi connectivity index (χ0n) is 15.4. The number of anilines is 1. The molecule has 2 aromatic rings. The molecule has 144 valence electrons. The van der Waals surface area contributed by atoms with E-state index < -0.39 is 10.0 Å². The van der Waals surface area contributed by atoms with E-state index in [1.54, 1.807) is 36.4 Å². The minimum Gasteiger partial charge on any atom is -0.345 e. The van der Waals surface area contributed by atoms with E-state index in [0.717, 1.165) is 5.56 Å². The Labute approximate surface area is 165 Å². The Balaban J connectivity index is 1.82. The molecule has 7 heteroatoms. The maximum absolute atomic E-state index is 12.8. The lowest BCUT2D eigenvalue weighted by Gasteiger charge is -2.23. The molecule has 1 aliphatic heterocycles. The molecule has 0 aromatic heterocycles. The van der Waals surface area contributed by atoms with Gasteiger partial charge in [0.15, 0.2) is 0 Å². The van der Waals surface area contributed by atoms with E-state index in [-0.39, 0.29) is 23.6 Å². The summed E-state index contributed by atoms with van der Waals surface area (Å²) in [6.45, 7) is 4.52. The summed E-state index contributed by atoms with van der Waals surface area (Å²) in [6, 6.07) is 14.0. The quantitative estimate of drug-likeness (QED) is 0.815. The molecule has 1 unspecified atom stereocenters. The molecule has 0 aliphatic carbocycles. The van der Waals surface area contributed by atoms with Crippen LogP contribution >= 0.6 is 11.6 Å². The number of carbonyl (C=O) groups is 1. The van der Waals surface area contributed by atoms with Gasteiger partial charge in [0.2, 0.25) is 10.0 Å². The van der Waals surface area contributed by atoms with Gasteiger partial charge >= 0.3 is 0 Å². The Kier molecular flexibility index (Phi) is 5.77. The van der Waals surface area contributed by atoms with E-state index in [1.807, 2.05) is 26.0 Å². The van der Waals surface area contributed by atoms with Crippen LogP contribution < -0.4 is 9.62 Å². The van der Waals surface area contributed by atoms with E-state index in [0.29, 0.717) is 29.2 Å². The van der Waals surface area contributed by atoms with Crippen LogP contribution in [0.15, 0.2) is 48.5 Å². The first kappa shape index (κ1) is 19.7. The second kappa shape index (κ2) is 7.90. The standard InChI is InChI=1S/C20H23ClN2O3S/c1-14(2)19(15-7-9-17(21)10-8-15)22-20(24)16-5-3-6-18(13-16)23-11-4-12-27(23,25)26/h3,5-10,13-14,19H,4,11-12H2,1-2H3,(H,22,24). The highest BCUT2D eigenvalue weighted by molar-refractivity contribution is 7.93. The van der Waals surface area contributed by atoms with Crippen molar-refractivity contribution in [3.05, 3.63) is 64.7 Å². The van der Waals surface area contributed by atoms with Crippen LogP contribution in [0.2, 0.25) is 5.02 Å². The van der Waals surface area contributed by atoms with E-state index in [1.165, 1.54) is 4.31 Å². The van der Waals surface area contributed by atoms with Gasteiger partial charge in [-0.3, -0.25) is 9.10 Å². The maximum Gasteiger partial charge on any atom is 0.251 e. The van der Waals surface area contributed by atoms with Gasteiger partial charge in [0.05, 0.1) is 17.5 Å². The number of amides is 1. The number of sulfonamides is 1. The molecule has 5 nitrogen and oxygen atoms in total. The Hall–Kier alpha value is -2.05. The first-order valence-corrected chi connectivity index (χ1v) is 10.9. The first-order chi connectivity index (χ1) is 12.8. The third kappa shape index (κ3) is 4.45. The lowest BCUT2D eigenvalue weighted by Crippen LogP contribution is -2.32. The Morgan fingerprint density at radius 3 is 2.44 bits per heavy atom. The summed E-state index contributed by atoms with van der Waals surface area (Å²) < 4.78 is 25.7. The Morgan fingerprint density at radius 1 is 1.15 bits per heavy atom. The van der Waals surface area contributed by atoms with Gasteiger partial charge in [-0.2, -0.15) is 0 Å². The third-order valence-electron chi connectivity index (χ3n) is 4.68. The van der Waals surface area contributed by atoms with Crippen molar-refractivity contribution in [3.8, 4) is 0 Å². The SMILES string of the molecule is CC(C)C(NC(=O)c1cccc(N2CCCS2(=O)=O)c1)c1ccc(Cl)cc1. The van der Waals surface area contributed by atoms with Crippen molar-refractivity contribution >= 4 is 33.2 Å². The second-order valence-corrected chi connectivity index (χ2v) is 9.49. The van der Waals surface area contributed by atoms with Gasteiger partial charge in [0.1, 0.15) is 0 Å². The van der Waals surface area contributed by atoms with Crippen molar-refractivity contribution in [2.24, 2.45) is 5.92 Å². The minimum atomic E-state index is -3.28. The van der Waals surface area contributed by atoms with Gasteiger partial charge in [-0.25, -0.2) is 8.42 Å². The average Bonchev–Trinajstić information content (AvgIpc) is 2.99. The molecule has 1 fully saturated rings. The normalized spacial score (nSPS) is 17.1. The molecule has 3 rings (SSSR count). The molecule has 27 heavy (non-hydrogen) atoms. The number of halogens is 1. The number of nitrogens with zero attached hydrogens (tertiary/aromatic N) is 1. The van der Waals surface area contributed by atoms with Crippen LogP contribution in [0.25, 0.3) is 0 Å². The highest BCUT2D eigenvalue weighted by Gasteiger charge is 2.29. The average molecular weight is 407 g/mol. The van der Waals surface area contributed by atoms with Crippen LogP contribution in [-0.4, -0.2) is 26.6 Å². The molecular formula is C20H23ClN2O3S. The topological polar surface area (TPSA) is 66.5 Å². The lowest BCUT2D eigenvalue weighted by molar-refractivity contribution is 0.0925. The molecule has 0 bridgehead atoms. The van der Waals surface area contributed by atoms with Crippen LogP contribution in [0.4, 0.5) is 5.69 Å². The van der Waals surface area contributed by atoms with Crippen molar-refractivity contribution in [1.29, 1.82) is 0 Å². The minimum absolute atomic E-state index is 0.148. The van der Waals surface area contributed by atoms with Crippen LogP contribution in [0.1, 0.15) is 42.2 Å². The van der Waals surface area contributed by atoms with Crippen molar-refractivity contribution in [2.45, 2.75) is 26.3 Å². The van der Waals surface area contributed by atoms with Crippen LogP contribution in [0.3, 0.4) is 0 Å². The number of hydrogen-bond acceptors (Lipinski definition) is 3. The van der Waals surface area contributed by atoms with Crippen molar-refractivity contribution in [2.75, 3.05) is 16.6 Å². The van der Waals surface area contributed by atoms with Crippen LogP contribution in [0.5, 0.6) is 0 Å². The molecule has 1 heterocycles. The predicted octanol–water partition coefficient (Wildman–Crippen LogP) is 4.01. The molecule has 0 spiro atoms. The first-order valence-electron chi connectivity index (χ1n) is 8.95. The zero-order chi connectivity index (χ0) is 19.6. The number of nitrogens with one attached hydrogen (secondary N) is 1. The molecule has 0 saturated carbocycles. The highest BCUT2D eigenvalue weighted by atomic mass is 35.5. The summed E-state index contributed by atoms with van der Waals surface area (Å²) >= 11 is 5.96. The molecule has 2 aromatic carbocycles. The van der Waals surface area contributed by atoms with Crippen molar-refractivity contribution < 1.29 is 13.2 Å². The van der Waals surface area contributed by atoms with E-state index in [2.05, 4.69) is 5.32 Å². The smallest absolute Gasteiger partial charge is 0.251 e. The van der Waals surface area contributed by atoms with Gasteiger partial charge in [0, 0.05) is 17.1 Å². The van der Waals surface area contributed by atoms with Crippen LogP contribution in [-0.2, 0) is 10.0 Å². The Morgan fingerprint density at radius 2 is 1.85 bits per heavy atom. The third-order valence-corrected chi connectivity index (χ3v) is 6.80. The lowest BCUT2D eigenvalue weighted by atomic mass is 9.95. The van der Waals surface area contributed by atoms with Gasteiger partial charge in [-0.05, 0) is 48.2 Å². The fourth-order valence-electron chi connectivity index (χ4n) is 3.26. The number of carbonyl (C=O) groups excluding carboxylic acids is 1. The fraction of sp³-hybridized carbons (Fsp3) is 0.350. The van der Waals surface area contributed by atoms with Gasteiger partial charge in [-0.15, -0.1) is 0 Å². The monoisotopic (exact) mass is 406 g/mol. The highest BCUT2D eigenvalue weighted by Crippen LogP contribution is 2.26. The number of benzene rings is 2. The van der Waals surface area contributed by atoms with Crippen LogP contribution in [0, 0.1) is 5.92 Å². The fourth-order valence-corrected chi connectivity index (χ4v) is 4.94. The summed E-state index contributed by atoms with van der Waals surface area (Å²) in [4.78, 5) is 12.8. The van der Waals surface area contributed by atoms with Gasteiger partial charge in [0.25, 0.3) is 5.91 Å². The summed E-state index contributed by atoms with van der Waals surface area (Å²) in [5.74, 6) is 0.0921. The zero-order valence-corrected chi connectivity index (χ0v) is 16.9. The van der Waals surface area contributed by atoms with E-state index >= 15 is 0 Å². The molecule has 1 N–H and O–H groups in total. The summed E-state index contributed by atoms with van der Waals surface area (Å²) in [5.41, 5.74) is 1.95. The second-order valence-electron chi connectivity index (χ2n) is 7.04. The van der Waals surface area contributed by atoms with Crippen molar-refractivity contribution in [1.82, 2.24) is 5.32 Å². The van der Waals surface area contributed by atoms with Gasteiger partial charge in [-0.1, -0.05) is 43.6 Å². The number of hydrogen-bond donors (Lipinski definition) is 1. The van der Waals surface area contributed by atoms with E-state index in [4.69, 9.17) is 11.6 Å². The largest absolute Gasteiger partial charge is 0.345 e.